The highest BCUT2D eigenvalue weighted by molar-refractivity contribution is 5.86. The molecule has 0 fully saturated rings. The lowest BCUT2D eigenvalue weighted by Gasteiger charge is -2.26. The topological polar surface area (TPSA) is 30.9 Å². The maximum absolute atomic E-state index is 5.83. The van der Waals surface area contributed by atoms with Gasteiger partial charge in [0.15, 0.2) is 0 Å². The van der Waals surface area contributed by atoms with Gasteiger partial charge in [-0.05, 0) is 44.4 Å². The number of fused-ring (bicyclic) bond motifs is 3. The molecule has 2 aromatic rings. The molecule has 2 nitrogen and oxygen atoms in total. The minimum atomic E-state index is 0.277. The average Bonchev–Trinajstić information content (AvgIpc) is 2.87. The Labute approximate surface area is 109 Å². The lowest BCUT2D eigenvalue weighted by molar-refractivity contribution is 0.413. The molecule has 1 aromatic heterocycles. The fourth-order valence-electron chi connectivity index (χ4n) is 3.73. The molecule has 1 aliphatic carbocycles. The van der Waals surface area contributed by atoms with Crippen LogP contribution in [-0.2, 0) is 18.4 Å². The van der Waals surface area contributed by atoms with Crippen LogP contribution in [0.5, 0.6) is 0 Å². The molecular formula is C16H22N2. The van der Waals surface area contributed by atoms with E-state index in [0.717, 1.165) is 19.5 Å². The second-order valence-corrected chi connectivity index (χ2v) is 5.69. The van der Waals surface area contributed by atoms with E-state index < -0.39 is 0 Å². The summed E-state index contributed by atoms with van der Waals surface area (Å²) >= 11 is 0. The van der Waals surface area contributed by atoms with Crippen molar-refractivity contribution in [1.29, 1.82) is 0 Å². The van der Waals surface area contributed by atoms with Crippen LogP contribution in [0.3, 0.4) is 0 Å². The normalized spacial score (nSPS) is 22.6. The summed E-state index contributed by atoms with van der Waals surface area (Å²) in [6, 6.07) is 8.82. The zero-order valence-electron chi connectivity index (χ0n) is 11.4. The van der Waals surface area contributed by atoms with E-state index >= 15 is 0 Å². The van der Waals surface area contributed by atoms with Gasteiger partial charge in [0, 0.05) is 28.6 Å². The third kappa shape index (κ3) is 1.45. The Kier molecular flexibility index (Phi) is 2.70. The highest BCUT2D eigenvalue weighted by Gasteiger charge is 2.38. The van der Waals surface area contributed by atoms with E-state index in [0.29, 0.717) is 0 Å². The van der Waals surface area contributed by atoms with Gasteiger partial charge in [-0.15, -0.1) is 0 Å². The van der Waals surface area contributed by atoms with Crippen molar-refractivity contribution in [3.8, 4) is 0 Å². The van der Waals surface area contributed by atoms with Gasteiger partial charge in [0.05, 0.1) is 0 Å². The molecule has 0 radical (unpaired) electrons. The molecule has 3 rings (SSSR count). The van der Waals surface area contributed by atoms with Crippen LogP contribution < -0.4 is 5.73 Å². The standard InChI is InChI=1S/C16H22N2/c1-3-18-14-7-5-4-6-12(14)13-8-9-16(2,10-11-17)15(13)18/h4-7H,3,8-11,17H2,1-2H3. The van der Waals surface area contributed by atoms with Crippen LogP contribution in [0.2, 0.25) is 0 Å². The molecule has 0 bridgehead atoms. The highest BCUT2D eigenvalue weighted by atomic mass is 15.0. The monoisotopic (exact) mass is 242 g/mol. The van der Waals surface area contributed by atoms with Crippen molar-refractivity contribution in [2.75, 3.05) is 6.54 Å². The van der Waals surface area contributed by atoms with Gasteiger partial charge in [-0.25, -0.2) is 0 Å². The number of rotatable bonds is 3. The summed E-state index contributed by atoms with van der Waals surface area (Å²) in [6.45, 7) is 6.46. The number of nitrogens with zero attached hydrogens (tertiary/aromatic N) is 1. The van der Waals surface area contributed by atoms with Crippen molar-refractivity contribution in [1.82, 2.24) is 4.57 Å². The number of hydrogen-bond acceptors (Lipinski definition) is 1. The zero-order chi connectivity index (χ0) is 12.8. The molecule has 2 heteroatoms. The maximum atomic E-state index is 5.83. The first-order chi connectivity index (χ1) is 8.71. The second-order valence-electron chi connectivity index (χ2n) is 5.69. The van der Waals surface area contributed by atoms with Gasteiger partial charge < -0.3 is 10.3 Å². The first-order valence-electron chi connectivity index (χ1n) is 7.02. The van der Waals surface area contributed by atoms with Crippen LogP contribution in [0.1, 0.15) is 37.9 Å². The third-order valence-corrected chi connectivity index (χ3v) is 4.59. The Morgan fingerprint density at radius 1 is 1.33 bits per heavy atom. The largest absolute Gasteiger partial charge is 0.344 e. The Bertz CT molecular complexity index is 567. The number of aryl methyl sites for hydroxylation is 2. The molecule has 1 heterocycles. The summed E-state index contributed by atoms with van der Waals surface area (Å²) in [5.74, 6) is 0. The molecule has 1 aliphatic rings. The number of nitrogens with two attached hydrogens (primary N) is 1. The fourth-order valence-corrected chi connectivity index (χ4v) is 3.73. The number of aromatic nitrogens is 1. The molecule has 1 atom stereocenters. The van der Waals surface area contributed by atoms with E-state index in [9.17, 15) is 0 Å². The van der Waals surface area contributed by atoms with Crippen LogP contribution in [0.4, 0.5) is 0 Å². The molecule has 1 aromatic carbocycles. The maximum Gasteiger partial charge on any atom is 0.0485 e. The van der Waals surface area contributed by atoms with Crippen LogP contribution in [0, 0.1) is 0 Å². The van der Waals surface area contributed by atoms with Crippen molar-refractivity contribution in [3.05, 3.63) is 35.5 Å². The Balaban J connectivity index is 2.29. The summed E-state index contributed by atoms with van der Waals surface area (Å²) in [6.07, 6.45) is 3.55. The van der Waals surface area contributed by atoms with Gasteiger partial charge in [0.25, 0.3) is 0 Å². The average molecular weight is 242 g/mol. The molecule has 0 aliphatic heterocycles. The first-order valence-corrected chi connectivity index (χ1v) is 7.02. The Hall–Kier alpha value is -1.28. The first kappa shape index (κ1) is 11.8. The van der Waals surface area contributed by atoms with Crippen LogP contribution in [0.15, 0.2) is 24.3 Å². The van der Waals surface area contributed by atoms with E-state index in [1.807, 2.05) is 0 Å². The van der Waals surface area contributed by atoms with Crippen LogP contribution in [-0.4, -0.2) is 11.1 Å². The molecular weight excluding hydrogens is 220 g/mol. The molecule has 0 spiro atoms. The number of para-hydroxylation sites is 1. The van der Waals surface area contributed by atoms with Crippen molar-refractivity contribution >= 4 is 10.9 Å². The van der Waals surface area contributed by atoms with E-state index in [2.05, 4.69) is 42.7 Å². The Morgan fingerprint density at radius 3 is 2.83 bits per heavy atom. The molecule has 0 saturated carbocycles. The zero-order valence-corrected chi connectivity index (χ0v) is 11.4. The van der Waals surface area contributed by atoms with Crippen LogP contribution >= 0.6 is 0 Å². The fraction of sp³-hybridized carbons (Fsp3) is 0.500. The van der Waals surface area contributed by atoms with E-state index in [-0.39, 0.29) is 5.41 Å². The van der Waals surface area contributed by atoms with E-state index in [1.54, 1.807) is 11.3 Å². The highest BCUT2D eigenvalue weighted by Crippen LogP contribution is 2.45. The van der Waals surface area contributed by atoms with Crippen molar-refractivity contribution in [2.45, 2.75) is 45.1 Å². The summed E-state index contributed by atoms with van der Waals surface area (Å²) in [5.41, 5.74) is 10.6. The molecule has 96 valence electrons. The van der Waals surface area contributed by atoms with Gasteiger partial charge in [-0.1, -0.05) is 25.1 Å². The smallest absolute Gasteiger partial charge is 0.0485 e. The third-order valence-electron chi connectivity index (χ3n) is 4.59. The lowest BCUT2D eigenvalue weighted by Crippen LogP contribution is -2.25. The van der Waals surface area contributed by atoms with Crippen molar-refractivity contribution in [3.63, 3.8) is 0 Å². The Morgan fingerprint density at radius 2 is 2.11 bits per heavy atom. The SMILES string of the molecule is CCn1c2c(c3ccccc31)CCC2(C)CCN. The summed E-state index contributed by atoms with van der Waals surface area (Å²) in [7, 11) is 0. The van der Waals surface area contributed by atoms with E-state index in [4.69, 9.17) is 5.73 Å². The van der Waals surface area contributed by atoms with E-state index in [1.165, 1.54) is 23.7 Å². The predicted octanol–water partition coefficient (Wildman–Crippen LogP) is 3.21. The van der Waals surface area contributed by atoms with Gasteiger partial charge in [0.1, 0.15) is 0 Å². The van der Waals surface area contributed by atoms with Gasteiger partial charge >= 0.3 is 0 Å². The van der Waals surface area contributed by atoms with Crippen LogP contribution in [0.25, 0.3) is 10.9 Å². The minimum Gasteiger partial charge on any atom is -0.344 e. The predicted molar refractivity (Wildman–Crippen MR) is 77.0 cm³/mol. The molecule has 0 amide bonds. The molecule has 1 unspecified atom stereocenters. The van der Waals surface area contributed by atoms with Crippen molar-refractivity contribution < 1.29 is 0 Å². The quantitative estimate of drug-likeness (QED) is 0.880. The van der Waals surface area contributed by atoms with Gasteiger partial charge in [-0.2, -0.15) is 0 Å². The minimum absolute atomic E-state index is 0.277. The number of hydrogen-bond donors (Lipinski definition) is 1. The number of benzene rings is 1. The summed E-state index contributed by atoms with van der Waals surface area (Å²) < 4.78 is 2.51. The van der Waals surface area contributed by atoms with Gasteiger partial charge in [-0.3, -0.25) is 0 Å². The van der Waals surface area contributed by atoms with Crippen molar-refractivity contribution in [2.24, 2.45) is 5.73 Å². The van der Waals surface area contributed by atoms with Gasteiger partial charge in [0.2, 0.25) is 0 Å². The lowest BCUT2D eigenvalue weighted by atomic mass is 9.84. The summed E-state index contributed by atoms with van der Waals surface area (Å²) in [4.78, 5) is 0. The molecule has 2 N–H and O–H groups in total. The summed E-state index contributed by atoms with van der Waals surface area (Å²) in [5, 5.41) is 1.45. The molecule has 18 heavy (non-hydrogen) atoms. The molecule has 0 saturated heterocycles. The second kappa shape index (κ2) is 4.13.